The average Bonchev–Trinajstić information content (AvgIpc) is 3.03. The molecule has 0 aromatic heterocycles. The number of carbonyl (C=O) groups is 2. The fourth-order valence-electron chi connectivity index (χ4n) is 4.89. The minimum atomic E-state index is -0.746. The van der Waals surface area contributed by atoms with Crippen molar-refractivity contribution in [2.75, 3.05) is 24.0 Å². The van der Waals surface area contributed by atoms with Crippen molar-refractivity contribution in [2.45, 2.75) is 32.5 Å². The van der Waals surface area contributed by atoms with Gasteiger partial charge in [0.25, 0.3) is 11.6 Å². The quantitative estimate of drug-likeness (QED) is 0.103. The van der Waals surface area contributed by atoms with Gasteiger partial charge in [-0.05, 0) is 77.4 Å². The van der Waals surface area contributed by atoms with E-state index < -0.39 is 16.9 Å². The highest BCUT2D eigenvalue weighted by Gasteiger charge is 2.24. The number of nitrogens with zero attached hydrogens (tertiary/aromatic N) is 2. The number of hydrogen-bond acceptors (Lipinski definition) is 7. The van der Waals surface area contributed by atoms with Crippen molar-refractivity contribution in [3.8, 4) is 11.1 Å². The van der Waals surface area contributed by atoms with Crippen LogP contribution >= 0.6 is 11.8 Å². The zero-order chi connectivity index (χ0) is 30.8. The molecule has 0 aliphatic carbocycles. The number of hydrogen-bond donors (Lipinski definition) is 1. The summed E-state index contributed by atoms with van der Waals surface area (Å²) in [6, 6.07) is 29.4. The zero-order valence-electron chi connectivity index (χ0n) is 24.5. The molecule has 0 heterocycles. The molecule has 0 radical (unpaired) electrons. The van der Waals surface area contributed by atoms with Crippen LogP contribution in [0.2, 0.25) is 0 Å². The number of aryl methyl sites for hydroxylation is 1. The first kappa shape index (κ1) is 31.3. The first-order chi connectivity index (χ1) is 20.8. The lowest BCUT2D eigenvalue weighted by molar-refractivity contribution is -0.384. The van der Waals surface area contributed by atoms with Crippen LogP contribution in [0.4, 0.5) is 11.4 Å². The van der Waals surface area contributed by atoms with Crippen molar-refractivity contribution in [2.24, 2.45) is 0 Å². The lowest BCUT2D eigenvalue weighted by Crippen LogP contribution is -2.42. The lowest BCUT2D eigenvalue weighted by atomic mass is 9.93. The Kier molecular flexibility index (Phi) is 10.9. The Labute approximate surface area is 256 Å². The molecule has 222 valence electrons. The van der Waals surface area contributed by atoms with Crippen LogP contribution < -0.4 is 10.2 Å². The number of para-hydroxylation sites is 1. The zero-order valence-corrected chi connectivity index (χ0v) is 25.3. The molecular weight excluding hydrogens is 562 g/mol. The molecule has 0 unspecified atom stereocenters. The molecule has 4 aromatic rings. The Balaban J connectivity index is 1.70. The summed E-state index contributed by atoms with van der Waals surface area (Å²) in [6.07, 6.45) is 2.41. The van der Waals surface area contributed by atoms with Gasteiger partial charge in [0.2, 0.25) is 0 Å². The van der Waals surface area contributed by atoms with E-state index >= 15 is 0 Å². The van der Waals surface area contributed by atoms with Crippen LogP contribution in [0.1, 0.15) is 33.5 Å². The number of methoxy groups -OCH3 is 1. The molecule has 9 heteroatoms. The molecule has 0 saturated heterocycles. The molecule has 4 aromatic carbocycles. The van der Waals surface area contributed by atoms with Crippen LogP contribution in [0.25, 0.3) is 11.1 Å². The molecule has 0 spiro atoms. The summed E-state index contributed by atoms with van der Waals surface area (Å²) < 4.78 is 4.95. The third kappa shape index (κ3) is 8.23. The van der Waals surface area contributed by atoms with Gasteiger partial charge in [0.15, 0.2) is 0 Å². The number of esters is 1. The van der Waals surface area contributed by atoms with Crippen molar-refractivity contribution >= 4 is 35.0 Å². The van der Waals surface area contributed by atoms with Crippen LogP contribution in [0.3, 0.4) is 0 Å². The summed E-state index contributed by atoms with van der Waals surface area (Å²) in [5.74, 6) is -0.110. The van der Waals surface area contributed by atoms with Gasteiger partial charge in [-0.2, -0.15) is 11.8 Å². The highest BCUT2D eigenvalue weighted by atomic mass is 32.2. The lowest BCUT2D eigenvalue weighted by Gasteiger charge is -2.26. The SMILES string of the molecule is COC(=O)[C@H](CCSC)NC(=O)c1ccc(CN(Cc2ccc([N+](=O)[O-])cc2)c2ccccc2)cc1-c1ccccc1C. The number of anilines is 1. The first-order valence-electron chi connectivity index (χ1n) is 13.9. The molecule has 1 atom stereocenters. The van der Waals surface area contributed by atoms with Gasteiger partial charge < -0.3 is 15.0 Å². The number of nitro groups is 1. The Morgan fingerprint density at radius 1 is 0.907 bits per heavy atom. The number of carbonyl (C=O) groups excluding carboxylic acids is 2. The second-order valence-electron chi connectivity index (χ2n) is 10.1. The van der Waals surface area contributed by atoms with E-state index in [9.17, 15) is 19.7 Å². The highest BCUT2D eigenvalue weighted by Crippen LogP contribution is 2.30. The van der Waals surface area contributed by atoms with Crippen molar-refractivity contribution in [3.63, 3.8) is 0 Å². The van der Waals surface area contributed by atoms with Crippen molar-refractivity contribution < 1.29 is 19.2 Å². The molecule has 0 fully saturated rings. The molecule has 0 bridgehead atoms. The van der Waals surface area contributed by atoms with Gasteiger partial charge in [-0.3, -0.25) is 14.9 Å². The third-order valence-corrected chi connectivity index (χ3v) is 7.82. The van der Waals surface area contributed by atoms with E-state index in [0.717, 1.165) is 33.5 Å². The Hall–Kier alpha value is -4.63. The third-order valence-electron chi connectivity index (χ3n) is 7.18. The van der Waals surface area contributed by atoms with Gasteiger partial charge in [0.1, 0.15) is 6.04 Å². The van der Waals surface area contributed by atoms with E-state index in [0.29, 0.717) is 30.8 Å². The molecule has 43 heavy (non-hydrogen) atoms. The second kappa shape index (κ2) is 15.0. The van der Waals surface area contributed by atoms with Gasteiger partial charge >= 0.3 is 5.97 Å². The highest BCUT2D eigenvalue weighted by molar-refractivity contribution is 7.98. The fraction of sp³-hybridized carbons (Fsp3) is 0.235. The van der Waals surface area contributed by atoms with Crippen LogP contribution in [0.15, 0.2) is 97.1 Å². The number of thioether (sulfide) groups is 1. The number of non-ortho nitro benzene ring substituents is 1. The summed E-state index contributed by atoms with van der Waals surface area (Å²) >= 11 is 1.60. The van der Waals surface area contributed by atoms with E-state index in [1.165, 1.54) is 19.2 Å². The van der Waals surface area contributed by atoms with Crippen molar-refractivity contribution in [3.05, 3.63) is 129 Å². The number of rotatable bonds is 13. The summed E-state index contributed by atoms with van der Waals surface area (Å²) in [4.78, 5) is 39.0. The maximum atomic E-state index is 13.6. The van der Waals surface area contributed by atoms with E-state index in [1.807, 2.05) is 86.0 Å². The fourth-order valence-corrected chi connectivity index (χ4v) is 5.36. The van der Waals surface area contributed by atoms with Gasteiger partial charge in [-0.15, -0.1) is 0 Å². The topological polar surface area (TPSA) is 102 Å². The number of ether oxygens (including phenoxy) is 1. The maximum Gasteiger partial charge on any atom is 0.328 e. The van der Waals surface area contributed by atoms with Gasteiger partial charge in [-0.25, -0.2) is 4.79 Å². The van der Waals surface area contributed by atoms with E-state index in [1.54, 1.807) is 23.9 Å². The van der Waals surface area contributed by atoms with E-state index in [4.69, 9.17) is 4.74 Å². The number of benzene rings is 4. The maximum absolute atomic E-state index is 13.6. The monoisotopic (exact) mass is 597 g/mol. The molecule has 1 amide bonds. The van der Waals surface area contributed by atoms with Crippen molar-refractivity contribution in [1.29, 1.82) is 0 Å². The average molecular weight is 598 g/mol. The van der Waals surface area contributed by atoms with Gasteiger partial charge in [-0.1, -0.05) is 60.7 Å². The smallest absolute Gasteiger partial charge is 0.328 e. The standard InChI is InChI=1S/C34H35N3O5S/c1-24-9-7-8-12-29(24)31-21-26(15-18-30(31)33(38)35-32(19-20-43-3)34(39)42-2)23-36(27-10-5-4-6-11-27)22-25-13-16-28(17-14-25)37(40)41/h4-18,21,32H,19-20,22-23H2,1-3H3,(H,35,38)/t32-/m0/s1. The summed E-state index contributed by atoms with van der Waals surface area (Å²) in [5, 5.41) is 14.0. The predicted octanol–water partition coefficient (Wildman–Crippen LogP) is 6.80. The van der Waals surface area contributed by atoms with Gasteiger partial charge in [0, 0.05) is 36.5 Å². The first-order valence-corrected chi connectivity index (χ1v) is 15.3. The van der Waals surface area contributed by atoms with Crippen LogP contribution in [0.5, 0.6) is 0 Å². The largest absolute Gasteiger partial charge is 0.467 e. The van der Waals surface area contributed by atoms with Crippen LogP contribution in [-0.4, -0.2) is 42.0 Å². The second-order valence-corrected chi connectivity index (χ2v) is 11.1. The molecule has 0 aliphatic rings. The van der Waals surface area contributed by atoms with Crippen molar-refractivity contribution in [1.82, 2.24) is 5.32 Å². The number of amides is 1. The van der Waals surface area contributed by atoms with Gasteiger partial charge in [0.05, 0.1) is 12.0 Å². The molecule has 0 aliphatic heterocycles. The van der Waals surface area contributed by atoms with Crippen LogP contribution in [-0.2, 0) is 22.6 Å². The number of nitro benzene ring substituents is 1. The molecule has 8 nitrogen and oxygen atoms in total. The summed E-state index contributed by atoms with van der Waals surface area (Å²) in [7, 11) is 1.32. The molecule has 4 rings (SSSR count). The number of nitrogens with one attached hydrogen (secondary N) is 1. The minimum Gasteiger partial charge on any atom is -0.467 e. The summed E-state index contributed by atoms with van der Waals surface area (Å²) in [5.41, 5.74) is 6.14. The Morgan fingerprint density at radius 2 is 1.56 bits per heavy atom. The summed E-state index contributed by atoms with van der Waals surface area (Å²) in [6.45, 7) is 3.06. The predicted molar refractivity (Wildman–Crippen MR) is 172 cm³/mol. The molecule has 0 saturated carbocycles. The van der Waals surface area contributed by atoms with E-state index in [2.05, 4.69) is 10.2 Å². The Bertz CT molecular complexity index is 1560. The van der Waals surface area contributed by atoms with E-state index in [-0.39, 0.29) is 11.6 Å². The minimum absolute atomic E-state index is 0.0506. The van der Waals surface area contributed by atoms with Crippen LogP contribution in [0, 0.1) is 17.0 Å². The Morgan fingerprint density at radius 3 is 2.21 bits per heavy atom. The normalized spacial score (nSPS) is 11.4. The molecular formula is C34H35N3O5S. The molecule has 1 N–H and O–H groups in total.